The Morgan fingerprint density at radius 3 is 2.97 bits per heavy atom. The minimum Gasteiger partial charge on any atom is -0.462 e. The van der Waals surface area contributed by atoms with Crippen molar-refractivity contribution >= 4 is 16.9 Å². The van der Waals surface area contributed by atoms with E-state index in [2.05, 4.69) is 42.3 Å². The van der Waals surface area contributed by atoms with Gasteiger partial charge in [-0.3, -0.25) is 4.79 Å². The van der Waals surface area contributed by atoms with Crippen LogP contribution in [0, 0.1) is 30.1 Å². The van der Waals surface area contributed by atoms with Crippen molar-refractivity contribution in [1.82, 2.24) is 10.3 Å². The highest BCUT2D eigenvalue weighted by Crippen LogP contribution is 2.62. The first kappa shape index (κ1) is 20.5. The van der Waals surface area contributed by atoms with Crippen LogP contribution < -0.4 is 5.32 Å². The molecule has 7 rings (SSSR count). The number of carbonyl (C=O) groups excluding carboxylic acids is 1. The summed E-state index contributed by atoms with van der Waals surface area (Å²) >= 11 is 0. The summed E-state index contributed by atoms with van der Waals surface area (Å²) in [5, 5.41) is 5.18. The first-order valence-electron chi connectivity index (χ1n) is 13.1. The van der Waals surface area contributed by atoms with Gasteiger partial charge in [-0.05, 0) is 87.3 Å². The number of ether oxygens (including phenoxy) is 2. The number of aryl methyl sites for hydroxylation is 2. The number of aromatic amines is 1. The van der Waals surface area contributed by atoms with E-state index in [1.165, 1.54) is 53.4 Å². The van der Waals surface area contributed by atoms with Gasteiger partial charge in [0.1, 0.15) is 6.10 Å². The number of benzene rings is 1. The summed E-state index contributed by atoms with van der Waals surface area (Å²) in [5.74, 6) is 0.897. The van der Waals surface area contributed by atoms with E-state index in [4.69, 9.17) is 9.47 Å². The van der Waals surface area contributed by atoms with Crippen molar-refractivity contribution in [2.24, 2.45) is 23.2 Å². The van der Waals surface area contributed by atoms with Gasteiger partial charge in [-0.15, -0.1) is 0 Å². The number of esters is 1. The van der Waals surface area contributed by atoms with Gasteiger partial charge in [0.2, 0.25) is 0 Å². The van der Waals surface area contributed by atoms with Gasteiger partial charge in [0.15, 0.2) is 0 Å². The third-order valence-corrected chi connectivity index (χ3v) is 10.0. The van der Waals surface area contributed by atoms with Crippen molar-refractivity contribution in [3.8, 4) is 0 Å². The maximum absolute atomic E-state index is 13.0. The molecule has 5 aliphatic rings. The van der Waals surface area contributed by atoms with Crippen LogP contribution in [0.3, 0.4) is 0 Å². The summed E-state index contributed by atoms with van der Waals surface area (Å²) in [5.41, 5.74) is 5.72. The number of hydrogen-bond acceptors (Lipinski definition) is 4. The van der Waals surface area contributed by atoms with E-state index in [9.17, 15) is 4.79 Å². The Hall–Kier alpha value is -1.85. The van der Waals surface area contributed by atoms with E-state index in [1.807, 2.05) is 0 Å². The van der Waals surface area contributed by atoms with E-state index >= 15 is 0 Å². The second-order valence-corrected chi connectivity index (χ2v) is 12.0. The molecule has 2 N–H and O–H groups in total. The lowest BCUT2D eigenvalue weighted by molar-refractivity contribution is -0.147. The third-order valence-electron chi connectivity index (χ3n) is 10.0. The molecule has 0 bridgehead atoms. The largest absolute Gasteiger partial charge is 0.462 e. The van der Waals surface area contributed by atoms with Crippen LogP contribution in [0.1, 0.15) is 74.7 Å². The van der Waals surface area contributed by atoms with Crippen molar-refractivity contribution in [1.29, 1.82) is 0 Å². The fourth-order valence-corrected chi connectivity index (χ4v) is 8.24. The maximum atomic E-state index is 13.0. The van der Waals surface area contributed by atoms with E-state index in [-0.39, 0.29) is 35.0 Å². The number of fused-ring (bicyclic) bond motifs is 6. The van der Waals surface area contributed by atoms with Crippen LogP contribution in [0.15, 0.2) is 18.2 Å². The zero-order chi connectivity index (χ0) is 22.4. The molecule has 2 aliphatic heterocycles. The van der Waals surface area contributed by atoms with Gasteiger partial charge in [-0.25, -0.2) is 0 Å². The Morgan fingerprint density at radius 1 is 1.24 bits per heavy atom. The minimum atomic E-state index is -0.0331. The Kier molecular flexibility index (Phi) is 4.40. The fourth-order valence-electron chi connectivity index (χ4n) is 8.24. The van der Waals surface area contributed by atoms with Gasteiger partial charge >= 0.3 is 5.97 Å². The molecule has 3 aliphatic carbocycles. The van der Waals surface area contributed by atoms with Crippen LogP contribution in [0.25, 0.3) is 10.9 Å². The summed E-state index contributed by atoms with van der Waals surface area (Å²) in [6.45, 7) is 6.23. The molecule has 2 saturated heterocycles. The number of H-pyrrole nitrogens is 1. The zero-order valence-electron chi connectivity index (χ0n) is 19.9. The van der Waals surface area contributed by atoms with Crippen molar-refractivity contribution < 1.29 is 14.3 Å². The number of nitrogens with one attached hydrogen (secondary N) is 2. The quantitative estimate of drug-likeness (QED) is 0.514. The molecular weight excluding hydrogens is 412 g/mol. The standard InChI is InChI=1S/C28H36N2O3/c1-16-7-8-21-18(11-16)17-5-3-6-22(25(17)30-21)29-14-20-19-12-24-27(2,13-23(19)33-26(20)31)9-4-10-28(24)15-32-28/h7-8,11,19-20,22-24,29-30H,3-6,9-10,12-15H2,1-2H3/t19-,20-,22-,23-,24-,27-,28+/m1/s1. The topological polar surface area (TPSA) is 66.7 Å². The summed E-state index contributed by atoms with van der Waals surface area (Å²) in [4.78, 5) is 16.7. The maximum Gasteiger partial charge on any atom is 0.310 e. The van der Waals surface area contributed by atoms with Gasteiger partial charge in [0.05, 0.1) is 18.1 Å². The van der Waals surface area contributed by atoms with Crippen molar-refractivity contribution in [3.63, 3.8) is 0 Å². The highest BCUT2D eigenvalue weighted by Gasteiger charge is 2.65. The van der Waals surface area contributed by atoms with Crippen LogP contribution in [0.2, 0.25) is 0 Å². The lowest BCUT2D eigenvalue weighted by atomic mass is 9.53. The molecular formula is C28H36N2O3. The monoisotopic (exact) mass is 448 g/mol. The third kappa shape index (κ3) is 3.07. The SMILES string of the molecule is Cc1ccc2[nH]c3c(c2c1)CCC[C@H]3NC[C@H]1C(=O)O[C@@H]2C[C@@]3(C)CCC[C@]4(CO4)[C@@H]3C[C@@H]21. The van der Waals surface area contributed by atoms with E-state index in [1.54, 1.807) is 0 Å². The minimum absolute atomic E-state index is 0.0221. The second-order valence-electron chi connectivity index (χ2n) is 12.0. The summed E-state index contributed by atoms with van der Waals surface area (Å²) < 4.78 is 12.1. The Morgan fingerprint density at radius 2 is 2.12 bits per heavy atom. The van der Waals surface area contributed by atoms with Crippen molar-refractivity contribution in [2.45, 2.75) is 83.0 Å². The van der Waals surface area contributed by atoms with Crippen LogP contribution in [-0.4, -0.2) is 35.8 Å². The van der Waals surface area contributed by atoms with Crippen LogP contribution in [0.4, 0.5) is 0 Å². The normalized spacial score (nSPS) is 41.5. The van der Waals surface area contributed by atoms with Gasteiger partial charge in [0.25, 0.3) is 0 Å². The molecule has 33 heavy (non-hydrogen) atoms. The molecule has 0 unspecified atom stereocenters. The Labute approximate surface area is 196 Å². The number of epoxide rings is 1. The fraction of sp³-hybridized carbons (Fsp3) is 0.679. The van der Waals surface area contributed by atoms with E-state index in [0.29, 0.717) is 11.8 Å². The molecule has 1 aromatic heterocycles. The average molecular weight is 449 g/mol. The van der Waals surface area contributed by atoms with Gasteiger partial charge in [0, 0.05) is 35.1 Å². The van der Waals surface area contributed by atoms with Crippen LogP contribution in [0.5, 0.6) is 0 Å². The molecule has 3 heterocycles. The van der Waals surface area contributed by atoms with Gasteiger partial charge < -0.3 is 19.8 Å². The lowest BCUT2D eigenvalue weighted by Crippen LogP contribution is -2.51. The lowest BCUT2D eigenvalue weighted by Gasteiger charge is -2.51. The number of carbonyl (C=O) groups is 1. The summed E-state index contributed by atoms with van der Waals surface area (Å²) in [7, 11) is 0. The molecule has 176 valence electrons. The first-order chi connectivity index (χ1) is 16.0. The predicted octanol–water partition coefficient (Wildman–Crippen LogP) is 4.97. The van der Waals surface area contributed by atoms with Gasteiger partial charge in [-0.1, -0.05) is 18.6 Å². The molecule has 0 radical (unpaired) electrons. The molecule has 2 saturated carbocycles. The Balaban J connectivity index is 1.11. The van der Waals surface area contributed by atoms with Crippen LogP contribution >= 0.6 is 0 Å². The number of aromatic nitrogens is 1. The smallest absolute Gasteiger partial charge is 0.310 e. The molecule has 4 fully saturated rings. The molecule has 1 aromatic carbocycles. The summed E-state index contributed by atoms with van der Waals surface area (Å²) in [6.07, 6.45) is 9.33. The first-order valence-corrected chi connectivity index (χ1v) is 13.1. The second kappa shape index (κ2) is 7.08. The number of rotatable bonds is 3. The van der Waals surface area contributed by atoms with Gasteiger partial charge in [-0.2, -0.15) is 0 Å². The van der Waals surface area contributed by atoms with Crippen molar-refractivity contribution in [3.05, 3.63) is 35.0 Å². The van der Waals surface area contributed by atoms with E-state index in [0.717, 1.165) is 38.8 Å². The molecule has 5 heteroatoms. The Bertz CT molecular complexity index is 1120. The molecule has 5 nitrogen and oxygen atoms in total. The molecule has 1 spiro atoms. The predicted molar refractivity (Wildman–Crippen MR) is 127 cm³/mol. The molecule has 2 aromatic rings. The highest BCUT2D eigenvalue weighted by atomic mass is 16.6. The summed E-state index contributed by atoms with van der Waals surface area (Å²) in [6, 6.07) is 6.98. The molecule has 7 atom stereocenters. The van der Waals surface area contributed by atoms with Crippen molar-refractivity contribution in [2.75, 3.05) is 13.2 Å². The number of hydrogen-bond donors (Lipinski definition) is 2. The highest BCUT2D eigenvalue weighted by molar-refractivity contribution is 5.85. The average Bonchev–Trinajstić information content (AvgIpc) is 3.35. The zero-order valence-corrected chi connectivity index (χ0v) is 19.9. The van der Waals surface area contributed by atoms with E-state index < -0.39 is 0 Å². The van der Waals surface area contributed by atoms with Crippen LogP contribution in [-0.2, 0) is 20.7 Å². The molecule has 0 amide bonds.